The average Bonchev–Trinajstić information content (AvgIpc) is 2.56. The number of nitrogens with zero attached hydrogens (tertiary/aromatic N) is 1. The molecule has 23 heavy (non-hydrogen) atoms. The minimum Gasteiger partial charge on any atom is -0.495 e. The summed E-state index contributed by atoms with van der Waals surface area (Å²) >= 11 is 0. The lowest BCUT2D eigenvalue weighted by Crippen LogP contribution is -1.97. The van der Waals surface area contributed by atoms with Gasteiger partial charge in [-0.05, 0) is 68.5 Å². The summed E-state index contributed by atoms with van der Waals surface area (Å²) in [5.74, 6) is 2.67. The molecular weight excluding hydrogens is 286 g/mol. The number of hydrogen-bond acceptors (Lipinski definition) is 3. The van der Waals surface area contributed by atoms with Gasteiger partial charge in [-0.3, -0.25) is 4.98 Å². The molecule has 0 atom stereocenters. The number of benzene rings is 1. The maximum absolute atomic E-state index is 5.86. The van der Waals surface area contributed by atoms with E-state index in [4.69, 9.17) is 9.47 Å². The number of hydrogen-bond donors (Lipinski definition) is 0. The van der Waals surface area contributed by atoms with Crippen molar-refractivity contribution in [3.63, 3.8) is 0 Å². The van der Waals surface area contributed by atoms with Crippen LogP contribution < -0.4 is 9.47 Å². The highest BCUT2D eigenvalue weighted by Crippen LogP contribution is 2.22. The fourth-order valence-electron chi connectivity index (χ4n) is 2.44. The van der Waals surface area contributed by atoms with Crippen LogP contribution in [0.2, 0.25) is 0 Å². The summed E-state index contributed by atoms with van der Waals surface area (Å²) in [6, 6.07) is 10.3. The van der Waals surface area contributed by atoms with E-state index in [0.29, 0.717) is 0 Å². The molecule has 3 nitrogen and oxygen atoms in total. The van der Waals surface area contributed by atoms with E-state index in [2.05, 4.69) is 43.1 Å². The quantitative estimate of drug-likeness (QED) is 0.683. The molecule has 2 rings (SSSR count). The van der Waals surface area contributed by atoms with Gasteiger partial charge in [0.15, 0.2) is 0 Å². The summed E-state index contributed by atoms with van der Waals surface area (Å²) in [5, 5.41) is 0. The van der Waals surface area contributed by atoms with E-state index < -0.39 is 0 Å². The van der Waals surface area contributed by atoms with Crippen molar-refractivity contribution in [2.45, 2.75) is 40.0 Å². The van der Waals surface area contributed by atoms with Crippen LogP contribution in [0.15, 0.2) is 48.4 Å². The van der Waals surface area contributed by atoms with Crippen LogP contribution in [0.25, 0.3) is 0 Å². The fraction of sp³-hybridized carbons (Fsp3) is 0.350. The fourth-order valence-corrected chi connectivity index (χ4v) is 2.44. The normalized spacial score (nSPS) is 11.4. The predicted octanol–water partition coefficient (Wildman–Crippen LogP) is 4.88. The number of pyridine rings is 1. The first-order chi connectivity index (χ1) is 11.1. The molecule has 0 unspecified atom stereocenters. The van der Waals surface area contributed by atoms with Crippen LogP contribution in [0.3, 0.4) is 0 Å². The summed E-state index contributed by atoms with van der Waals surface area (Å²) < 4.78 is 11.0. The van der Waals surface area contributed by atoms with Gasteiger partial charge in [0.05, 0.1) is 19.1 Å². The van der Waals surface area contributed by atoms with E-state index >= 15 is 0 Å². The van der Waals surface area contributed by atoms with Crippen LogP contribution in [0.4, 0.5) is 0 Å². The molecule has 1 heterocycles. The van der Waals surface area contributed by atoms with Gasteiger partial charge < -0.3 is 9.47 Å². The molecule has 122 valence electrons. The van der Waals surface area contributed by atoms with Crippen LogP contribution >= 0.6 is 0 Å². The van der Waals surface area contributed by atoms with E-state index in [1.807, 2.05) is 19.1 Å². The van der Waals surface area contributed by atoms with Crippen molar-refractivity contribution in [2.75, 3.05) is 7.11 Å². The first kappa shape index (κ1) is 17.1. The van der Waals surface area contributed by atoms with Gasteiger partial charge in [-0.2, -0.15) is 0 Å². The summed E-state index contributed by atoms with van der Waals surface area (Å²) in [6.45, 7) is 6.19. The molecule has 0 aliphatic heterocycles. The second kappa shape index (κ2) is 8.37. The molecule has 0 spiro atoms. The Hall–Kier alpha value is -2.29. The minimum atomic E-state index is 0.793. The van der Waals surface area contributed by atoms with Gasteiger partial charge in [-0.25, -0.2) is 0 Å². The van der Waals surface area contributed by atoms with Crippen molar-refractivity contribution < 1.29 is 9.47 Å². The van der Waals surface area contributed by atoms with Crippen LogP contribution in [-0.2, 0) is 12.8 Å². The van der Waals surface area contributed by atoms with Gasteiger partial charge in [-0.15, -0.1) is 0 Å². The topological polar surface area (TPSA) is 31.4 Å². The Bertz CT molecular complexity index is 660. The van der Waals surface area contributed by atoms with Crippen molar-refractivity contribution in [3.8, 4) is 11.5 Å². The minimum absolute atomic E-state index is 0.793. The lowest BCUT2D eigenvalue weighted by molar-refractivity contribution is 0.412. The van der Waals surface area contributed by atoms with Crippen LogP contribution in [0.1, 0.15) is 37.1 Å². The third-order valence-corrected chi connectivity index (χ3v) is 3.70. The van der Waals surface area contributed by atoms with Gasteiger partial charge in [0.25, 0.3) is 0 Å². The Morgan fingerprint density at radius 1 is 1.17 bits per heavy atom. The zero-order chi connectivity index (χ0) is 16.7. The van der Waals surface area contributed by atoms with Crippen LogP contribution in [0.5, 0.6) is 11.5 Å². The molecule has 0 fully saturated rings. The summed E-state index contributed by atoms with van der Waals surface area (Å²) in [5.41, 5.74) is 3.53. The molecule has 0 saturated heterocycles. The third-order valence-electron chi connectivity index (χ3n) is 3.70. The second-order valence-corrected chi connectivity index (χ2v) is 5.61. The molecule has 2 aromatic rings. The standard InChI is InChI=1S/C20H25NO2/c1-5-6-16(3)23-20-12-8-17(13-15(20)2)7-9-18-10-11-19(22-4)14-21-18/h6,8,10-14H,5,7,9H2,1-4H3/b16-6+. The van der Waals surface area contributed by atoms with E-state index in [9.17, 15) is 0 Å². The lowest BCUT2D eigenvalue weighted by atomic mass is 10.0. The highest BCUT2D eigenvalue weighted by Gasteiger charge is 2.04. The van der Waals surface area contributed by atoms with E-state index in [1.165, 1.54) is 5.56 Å². The number of aromatic nitrogens is 1. The first-order valence-corrected chi connectivity index (χ1v) is 8.05. The monoisotopic (exact) mass is 311 g/mol. The van der Waals surface area contributed by atoms with Crippen molar-refractivity contribution in [1.29, 1.82) is 0 Å². The SMILES string of the molecule is CC/C=C(\C)Oc1ccc(CCc2ccc(OC)cn2)cc1C. The summed E-state index contributed by atoms with van der Waals surface area (Å²) in [6.07, 6.45) is 6.71. The molecule has 0 bridgehead atoms. The number of ether oxygens (including phenoxy) is 2. The molecular formula is C20H25NO2. The number of aryl methyl sites for hydroxylation is 3. The Labute approximate surface area is 139 Å². The largest absolute Gasteiger partial charge is 0.495 e. The van der Waals surface area contributed by atoms with Gasteiger partial charge in [0.1, 0.15) is 11.5 Å². The van der Waals surface area contributed by atoms with Crippen molar-refractivity contribution in [3.05, 3.63) is 65.2 Å². The Morgan fingerprint density at radius 2 is 2.00 bits per heavy atom. The van der Waals surface area contributed by atoms with Gasteiger partial charge >= 0.3 is 0 Å². The zero-order valence-corrected chi connectivity index (χ0v) is 14.4. The smallest absolute Gasteiger partial charge is 0.137 e. The summed E-state index contributed by atoms with van der Waals surface area (Å²) in [4.78, 5) is 4.41. The summed E-state index contributed by atoms with van der Waals surface area (Å²) in [7, 11) is 1.65. The molecule has 0 radical (unpaired) electrons. The van der Waals surface area contributed by atoms with Crippen molar-refractivity contribution in [2.24, 2.45) is 0 Å². The van der Waals surface area contributed by atoms with Crippen molar-refractivity contribution in [1.82, 2.24) is 4.98 Å². The third kappa shape index (κ3) is 5.13. The second-order valence-electron chi connectivity index (χ2n) is 5.61. The number of methoxy groups -OCH3 is 1. The maximum atomic E-state index is 5.86. The van der Waals surface area contributed by atoms with Crippen molar-refractivity contribution >= 4 is 0 Å². The van der Waals surface area contributed by atoms with E-state index in [-0.39, 0.29) is 0 Å². The highest BCUT2D eigenvalue weighted by molar-refractivity contribution is 5.37. The molecule has 1 aromatic carbocycles. The zero-order valence-electron chi connectivity index (χ0n) is 14.4. The van der Waals surface area contributed by atoms with E-state index in [1.54, 1.807) is 13.3 Å². The lowest BCUT2D eigenvalue weighted by Gasteiger charge is -2.11. The maximum Gasteiger partial charge on any atom is 0.137 e. The Kier molecular flexibility index (Phi) is 6.21. The molecule has 0 aliphatic carbocycles. The van der Waals surface area contributed by atoms with Crippen LogP contribution in [0, 0.1) is 6.92 Å². The number of allylic oxidation sites excluding steroid dienone is 2. The molecule has 0 saturated carbocycles. The van der Waals surface area contributed by atoms with E-state index in [0.717, 1.165) is 47.8 Å². The highest BCUT2D eigenvalue weighted by atomic mass is 16.5. The van der Waals surface area contributed by atoms with Gasteiger partial charge in [0.2, 0.25) is 0 Å². The molecule has 0 aliphatic rings. The predicted molar refractivity (Wildman–Crippen MR) is 94.1 cm³/mol. The van der Waals surface area contributed by atoms with Crippen LogP contribution in [-0.4, -0.2) is 12.1 Å². The number of rotatable bonds is 7. The molecule has 1 aromatic heterocycles. The Balaban J connectivity index is 1.98. The molecule has 0 N–H and O–H groups in total. The van der Waals surface area contributed by atoms with Gasteiger partial charge in [-0.1, -0.05) is 19.1 Å². The molecule has 3 heteroatoms. The van der Waals surface area contributed by atoms with Gasteiger partial charge in [0, 0.05) is 5.69 Å². The average molecular weight is 311 g/mol. The Morgan fingerprint density at radius 3 is 2.61 bits per heavy atom. The first-order valence-electron chi connectivity index (χ1n) is 8.05. The molecule has 0 amide bonds.